The maximum absolute atomic E-state index is 11.5. The smallest absolute Gasteiger partial charge is 0.309 e. The molecule has 0 aromatic rings. The second kappa shape index (κ2) is 3.73. The normalized spacial score (nSPS) is 39.9. The van der Waals surface area contributed by atoms with Crippen molar-refractivity contribution in [2.75, 3.05) is 13.7 Å². The fourth-order valence-electron chi connectivity index (χ4n) is 2.93. The number of fused-ring (bicyclic) bond motifs is 2. The highest BCUT2D eigenvalue weighted by Gasteiger charge is 2.53. The van der Waals surface area contributed by atoms with Gasteiger partial charge < -0.3 is 9.84 Å². The van der Waals surface area contributed by atoms with Crippen molar-refractivity contribution in [3.8, 4) is 0 Å². The molecule has 3 rings (SSSR count). The Morgan fingerprint density at radius 1 is 1.43 bits per heavy atom. The molecule has 1 fully saturated rings. The van der Waals surface area contributed by atoms with Crippen LogP contribution in [0.25, 0.3) is 0 Å². The van der Waals surface area contributed by atoms with Crippen LogP contribution in [0.2, 0.25) is 0 Å². The summed E-state index contributed by atoms with van der Waals surface area (Å²) in [6.07, 6.45) is 6.05. The maximum Gasteiger partial charge on any atom is 0.309 e. The minimum absolute atomic E-state index is 0.0205. The molecule has 0 heterocycles. The molecule has 1 N–H and O–H groups in total. The summed E-state index contributed by atoms with van der Waals surface area (Å²) in [6.45, 7) is 0.199. The van der Waals surface area contributed by atoms with E-state index in [9.17, 15) is 9.90 Å². The quantitative estimate of drug-likeness (QED) is 0.529. The van der Waals surface area contributed by atoms with Crippen LogP contribution in [0.3, 0.4) is 0 Å². The van der Waals surface area contributed by atoms with Crippen LogP contribution >= 0.6 is 0 Å². The lowest BCUT2D eigenvalue weighted by Crippen LogP contribution is -2.51. The van der Waals surface area contributed by atoms with Crippen LogP contribution in [0, 0.1) is 23.7 Å². The molecule has 78 valence electrons. The molecule has 3 aliphatic carbocycles. The minimum Gasteiger partial charge on any atom is -0.469 e. The zero-order chi connectivity index (χ0) is 10.1. The zero-order valence-electron chi connectivity index (χ0n) is 8.35. The zero-order valence-corrected chi connectivity index (χ0v) is 8.35. The molecule has 14 heavy (non-hydrogen) atoms. The first-order chi connectivity index (χ1) is 6.79. The van der Waals surface area contributed by atoms with Gasteiger partial charge in [-0.25, -0.2) is 0 Å². The number of ether oxygens (including phenoxy) is 1. The fraction of sp³-hybridized carbons (Fsp3) is 0.727. The number of esters is 1. The van der Waals surface area contributed by atoms with Crippen LogP contribution < -0.4 is 0 Å². The Morgan fingerprint density at radius 3 is 2.43 bits per heavy atom. The van der Waals surface area contributed by atoms with Crippen LogP contribution in [-0.4, -0.2) is 24.8 Å². The van der Waals surface area contributed by atoms with Gasteiger partial charge in [0, 0.05) is 6.61 Å². The lowest BCUT2D eigenvalue weighted by atomic mass is 9.56. The molecule has 0 amide bonds. The molecule has 2 unspecified atom stereocenters. The van der Waals surface area contributed by atoms with E-state index in [-0.39, 0.29) is 18.5 Å². The van der Waals surface area contributed by atoms with Crippen LogP contribution in [0.4, 0.5) is 0 Å². The highest BCUT2D eigenvalue weighted by molar-refractivity contribution is 5.74. The summed E-state index contributed by atoms with van der Waals surface area (Å²) in [4.78, 5) is 11.5. The number of methoxy groups -OCH3 is 1. The van der Waals surface area contributed by atoms with Crippen molar-refractivity contribution in [3.05, 3.63) is 12.2 Å². The average molecular weight is 196 g/mol. The highest BCUT2D eigenvalue weighted by Crippen LogP contribution is 2.51. The van der Waals surface area contributed by atoms with Gasteiger partial charge in [-0.3, -0.25) is 4.79 Å². The number of aliphatic hydroxyl groups excluding tert-OH is 1. The van der Waals surface area contributed by atoms with Gasteiger partial charge in [-0.05, 0) is 30.6 Å². The molecular formula is C11H16O3. The van der Waals surface area contributed by atoms with Crippen molar-refractivity contribution in [1.82, 2.24) is 0 Å². The Bertz CT molecular complexity index is 243. The Morgan fingerprint density at radius 2 is 2.00 bits per heavy atom. The van der Waals surface area contributed by atoms with E-state index in [1.807, 2.05) is 0 Å². The summed E-state index contributed by atoms with van der Waals surface area (Å²) in [6, 6.07) is 0. The molecule has 2 bridgehead atoms. The van der Waals surface area contributed by atoms with E-state index in [2.05, 4.69) is 12.2 Å². The first-order valence-corrected chi connectivity index (χ1v) is 5.13. The molecule has 3 aliphatic rings. The number of hydrogen-bond donors (Lipinski definition) is 1. The van der Waals surface area contributed by atoms with E-state index in [0.717, 1.165) is 12.8 Å². The van der Waals surface area contributed by atoms with Gasteiger partial charge in [0.15, 0.2) is 0 Å². The summed E-state index contributed by atoms with van der Waals surface area (Å²) in [5.41, 5.74) is 0. The van der Waals surface area contributed by atoms with Crippen LogP contribution in [0.1, 0.15) is 12.8 Å². The minimum atomic E-state index is -0.103. The number of hydrogen-bond acceptors (Lipinski definition) is 3. The number of allylic oxidation sites excluding steroid dienone is 2. The second-order valence-electron chi connectivity index (χ2n) is 4.17. The molecule has 0 aromatic carbocycles. The largest absolute Gasteiger partial charge is 0.469 e. The van der Waals surface area contributed by atoms with Gasteiger partial charge in [-0.1, -0.05) is 12.2 Å². The van der Waals surface area contributed by atoms with Gasteiger partial charge in [-0.2, -0.15) is 0 Å². The Labute approximate surface area is 83.8 Å². The molecule has 0 aromatic heterocycles. The van der Waals surface area contributed by atoms with Crippen LogP contribution in [0.15, 0.2) is 12.2 Å². The first kappa shape index (κ1) is 9.71. The number of aliphatic hydroxyl groups is 1. The van der Waals surface area contributed by atoms with Gasteiger partial charge in [0.05, 0.1) is 13.0 Å². The Kier molecular flexibility index (Phi) is 2.59. The predicted octanol–water partition coefficient (Wildman–Crippen LogP) is 0.980. The molecule has 0 radical (unpaired) electrons. The fourth-order valence-corrected chi connectivity index (χ4v) is 2.93. The Balaban J connectivity index is 2.12. The summed E-state index contributed by atoms with van der Waals surface area (Å²) < 4.78 is 4.79. The van der Waals surface area contributed by atoms with Crippen molar-refractivity contribution in [3.63, 3.8) is 0 Å². The van der Waals surface area contributed by atoms with E-state index in [1.54, 1.807) is 0 Å². The van der Waals surface area contributed by atoms with Crippen molar-refractivity contribution in [1.29, 1.82) is 0 Å². The third-order valence-corrected chi connectivity index (χ3v) is 3.69. The van der Waals surface area contributed by atoms with Gasteiger partial charge in [-0.15, -0.1) is 0 Å². The molecule has 0 spiro atoms. The molecule has 3 nitrogen and oxygen atoms in total. The summed E-state index contributed by atoms with van der Waals surface area (Å²) in [5, 5.41) is 9.21. The lowest BCUT2D eigenvalue weighted by Gasteiger charge is -2.48. The molecule has 0 saturated heterocycles. The third-order valence-electron chi connectivity index (χ3n) is 3.69. The predicted molar refractivity (Wildman–Crippen MR) is 51.4 cm³/mol. The standard InChI is InChI=1S/C11H16O3/c1-14-11(13)10-7-4-2-3-5-8(10)9(7)6-12/h2-3,7-10,12H,4-6H2,1H3. The van der Waals surface area contributed by atoms with Gasteiger partial charge >= 0.3 is 5.97 Å². The lowest BCUT2D eigenvalue weighted by molar-refractivity contribution is -0.164. The highest BCUT2D eigenvalue weighted by atomic mass is 16.5. The van der Waals surface area contributed by atoms with Crippen molar-refractivity contribution < 1.29 is 14.6 Å². The molecule has 3 heteroatoms. The molecule has 0 aliphatic heterocycles. The summed E-state index contributed by atoms with van der Waals surface area (Å²) in [5.74, 6) is 0.821. The second-order valence-corrected chi connectivity index (χ2v) is 4.17. The average Bonchev–Trinajstić information content (AvgIpc) is 2.51. The van der Waals surface area contributed by atoms with Crippen molar-refractivity contribution >= 4 is 5.97 Å². The van der Waals surface area contributed by atoms with Crippen molar-refractivity contribution in [2.24, 2.45) is 23.7 Å². The van der Waals surface area contributed by atoms with Gasteiger partial charge in [0.25, 0.3) is 0 Å². The SMILES string of the molecule is COC(=O)C1C2CC=CCC1C2CO. The van der Waals surface area contributed by atoms with Crippen molar-refractivity contribution in [2.45, 2.75) is 12.8 Å². The topological polar surface area (TPSA) is 46.5 Å². The van der Waals surface area contributed by atoms with E-state index in [0.29, 0.717) is 17.8 Å². The van der Waals surface area contributed by atoms with Crippen LogP contribution in [0.5, 0.6) is 0 Å². The van der Waals surface area contributed by atoms with E-state index < -0.39 is 0 Å². The molecule has 2 atom stereocenters. The number of carbonyl (C=O) groups is 1. The monoisotopic (exact) mass is 196 g/mol. The van der Waals surface area contributed by atoms with E-state index >= 15 is 0 Å². The van der Waals surface area contributed by atoms with E-state index in [4.69, 9.17) is 4.74 Å². The first-order valence-electron chi connectivity index (χ1n) is 5.13. The molecular weight excluding hydrogens is 180 g/mol. The number of carbonyl (C=O) groups excluding carboxylic acids is 1. The van der Waals surface area contributed by atoms with Gasteiger partial charge in [0.1, 0.15) is 0 Å². The van der Waals surface area contributed by atoms with Crippen LogP contribution in [-0.2, 0) is 9.53 Å². The third kappa shape index (κ3) is 1.27. The summed E-state index contributed by atoms with van der Waals surface area (Å²) in [7, 11) is 1.44. The summed E-state index contributed by atoms with van der Waals surface area (Å²) >= 11 is 0. The van der Waals surface area contributed by atoms with Gasteiger partial charge in [0.2, 0.25) is 0 Å². The Hall–Kier alpha value is -0.830. The number of rotatable bonds is 2. The van der Waals surface area contributed by atoms with E-state index in [1.165, 1.54) is 7.11 Å². The molecule has 1 saturated carbocycles. The maximum atomic E-state index is 11.5.